The average molecular weight is 387 g/mol. The maximum absolute atomic E-state index is 13.2. The molecule has 4 aliphatic heterocycles. The molecule has 2 bridgehead atoms. The Hall–Kier alpha value is -0.810. The lowest BCUT2D eigenvalue weighted by Crippen LogP contribution is -2.54. The van der Waals surface area contributed by atoms with Crippen molar-refractivity contribution in [3.63, 3.8) is 0 Å². The molecule has 140 valence electrons. The van der Waals surface area contributed by atoms with Crippen LogP contribution in [0, 0.1) is 5.92 Å². The zero-order valence-electron chi connectivity index (χ0n) is 14.5. The van der Waals surface area contributed by atoms with Crippen molar-refractivity contribution in [2.45, 2.75) is 37.2 Å². The largest absolute Gasteiger partial charge is 0.460 e. The van der Waals surface area contributed by atoms with E-state index in [1.807, 2.05) is 18.2 Å². The number of esters is 1. The maximum atomic E-state index is 13.2. The van der Waals surface area contributed by atoms with E-state index in [4.69, 9.17) is 4.74 Å². The summed E-state index contributed by atoms with van der Waals surface area (Å²) in [6.45, 7) is 5.03. The fraction of sp³-hybridized carbons (Fsp3) is 0.632. The number of rotatable bonds is 3. The molecule has 4 fully saturated rings. The average Bonchev–Trinajstić information content (AvgIpc) is 2.64. The van der Waals surface area contributed by atoms with Crippen molar-refractivity contribution in [3.8, 4) is 0 Å². The van der Waals surface area contributed by atoms with Crippen LogP contribution in [0.1, 0.15) is 31.2 Å². The smallest absolute Gasteiger partial charge is 0.316 e. The van der Waals surface area contributed by atoms with Gasteiger partial charge in [0.15, 0.2) is 0 Å². The van der Waals surface area contributed by atoms with Crippen molar-refractivity contribution in [1.29, 1.82) is 0 Å². The molecule has 0 aromatic heterocycles. The third-order valence-corrected chi connectivity index (χ3v) is 6.03. The molecule has 1 atom stereocenters. The highest BCUT2D eigenvalue weighted by Gasteiger charge is 2.45. The SMILES string of the molecule is Cl.Cl.O=C(O[C@H]1CN2CCC1CC2)C1(c2ccccc2)CCNCC1. The number of halogens is 2. The lowest BCUT2D eigenvalue weighted by atomic mass is 9.73. The highest BCUT2D eigenvalue weighted by atomic mass is 35.5. The van der Waals surface area contributed by atoms with Crippen molar-refractivity contribution < 1.29 is 9.53 Å². The van der Waals surface area contributed by atoms with Crippen LogP contribution in [0.2, 0.25) is 0 Å². The van der Waals surface area contributed by atoms with E-state index in [0.717, 1.165) is 38.0 Å². The molecule has 1 N–H and O–H groups in total. The van der Waals surface area contributed by atoms with Crippen molar-refractivity contribution in [2.75, 3.05) is 32.7 Å². The standard InChI is InChI=1S/C19H26N2O2.2ClH/c22-18(23-17-14-21-12-6-15(17)7-13-21)19(8-10-20-11-9-19)16-4-2-1-3-5-16;;/h1-5,15,17,20H,6-14H2;2*1H/t17-;;/m0../s1. The summed E-state index contributed by atoms with van der Waals surface area (Å²) in [5, 5.41) is 3.38. The van der Waals surface area contributed by atoms with E-state index in [0.29, 0.717) is 5.92 Å². The Kier molecular flexibility index (Phi) is 7.15. The second-order valence-corrected chi connectivity index (χ2v) is 7.28. The zero-order valence-corrected chi connectivity index (χ0v) is 16.1. The number of piperidine rings is 4. The van der Waals surface area contributed by atoms with Gasteiger partial charge in [-0.05, 0) is 63.3 Å². The lowest BCUT2D eigenvalue weighted by molar-refractivity contribution is -0.167. The molecule has 0 amide bonds. The van der Waals surface area contributed by atoms with Crippen molar-refractivity contribution in [3.05, 3.63) is 35.9 Å². The first-order valence-corrected chi connectivity index (χ1v) is 8.98. The van der Waals surface area contributed by atoms with E-state index in [9.17, 15) is 4.79 Å². The van der Waals surface area contributed by atoms with Gasteiger partial charge in [-0.3, -0.25) is 9.69 Å². The molecule has 5 rings (SSSR count). The highest BCUT2D eigenvalue weighted by Crippen LogP contribution is 2.37. The molecule has 1 aromatic carbocycles. The van der Waals surface area contributed by atoms with Crippen LogP contribution in [0.25, 0.3) is 0 Å². The second kappa shape index (κ2) is 8.72. The van der Waals surface area contributed by atoms with Crippen molar-refractivity contribution >= 4 is 30.8 Å². The second-order valence-electron chi connectivity index (χ2n) is 7.28. The fourth-order valence-electron chi connectivity index (χ4n) is 4.52. The summed E-state index contributed by atoms with van der Waals surface area (Å²) in [6, 6.07) is 10.2. The minimum Gasteiger partial charge on any atom is -0.460 e. The predicted molar refractivity (Wildman–Crippen MR) is 104 cm³/mol. The molecule has 4 aliphatic rings. The number of hydrogen-bond acceptors (Lipinski definition) is 4. The van der Waals surface area contributed by atoms with Crippen LogP contribution in [-0.2, 0) is 14.9 Å². The minimum absolute atomic E-state index is 0. The molecule has 4 saturated heterocycles. The van der Waals surface area contributed by atoms with E-state index < -0.39 is 5.41 Å². The molecule has 1 aromatic rings. The van der Waals surface area contributed by atoms with E-state index in [1.54, 1.807) is 0 Å². The predicted octanol–water partition coefficient (Wildman–Crippen LogP) is 2.79. The number of carbonyl (C=O) groups is 1. The number of ether oxygens (including phenoxy) is 1. The summed E-state index contributed by atoms with van der Waals surface area (Å²) in [5.74, 6) is 0.572. The molecule has 0 spiro atoms. The molecule has 6 heteroatoms. The summed E-state index contributed by atoms with van der Waals surface area (Å²) in [4.78, 5) is 15.6. The number of fused-ring (bicyclic) bond motifs is 3. The summed E-state index contributed by atoms with van der Waals surface area (Å²) < 4.78 is 6.11. The van der Waals surface area contributed by atoms with Gasteiger partial charge in [-0.2, -0.15) is 0 Å². The number of benzene rings is 1. The van der Waals surface area contributed by atoms with Gasteiger partial charge in [0.2, 0.25) is 0 Å². The van der Waals surface area contributed by atoms with Gasteiger partial charge in [-0.25, -0.2) is 0 Å². The van der Waals surface area contributed by atoms with Gasteiger partial charge in [0.25, 0.3) is 0 Å². The number of nitrogens with one attached hydrogen (secondary N) is 1. The molecule has 4 nitrogen and oxygen atoms in total. The Morgan fingerprint density at radius 3 is 2.28 bits per heavy atom. The minimum atomic E-state index is -0.460. The normalized spacial score (nSPS) is 29.8. The quantitative estimate of drug-likeness (QED) is 0.810. The highest BCUT2D eigenvalue weighted by molar-refractivity contribution is 5.85. The van der Waals surface area contributed by atoms with Crippen LogP contribution < -0.4 is 5.32 Å². The molecule has 0 unspecified atom stereocenters. The fourth-order valence-corrected chi connectivity index (χ4v) is 4.52. The molecular weight excluding hydrogens is 359 g/mol. The first-order chi connectivity index (χ1) is 11.3. The zero-order chi connectivity index (χ0) is 15.7. The van der Waals surface area contributed by atoms with Crippen molar-refractivity contribution in [1.82, 2.24) is 10.2 Å². The Bertz CT molecular complexity index is 556. The molecule has 0 saturated carbocycles. The van der Waals surface area contributed by atoms with Gasteiger partial charge in [-0.15, -0.1) is 24.8 Å². The molecule has 4 heterocycles. The Morgan fingerprint density at radius 2 is 1.72 bits per heavy atom. The number of carbonyl (C=O) groups excluding carboxylic acids is 1. The Balaban J connectivity index is 0.00000113. The van der Waals surface area contributed by atoms with Crippen LogP contribution in [0.15, 0.2) is 30.3 Å². The first-order valence-electron chi connectivity index (χ1n) is 8.98. The molecule has 25 heavy (non-hydrogen) atoms. The van der Waals surface area contributed by atoms with Crippen LogP contribution >= 0.6 is 24.8 Å². The van der Waals surface area contributed by atoms with Crippen LogP contribution in [0.3, 0.4) is 0 Å². The number of hydrogen-bond donors (Lipinski definition) is 1. The number of nitrogens with zero attached hydrogens (tertiary/aromatic N) is 1. The summed E-state index contributed by atoms with van der Waals surface area (Å²) in [7, 11) is 0. The van der Waals surface area contributed by atoms with Crippen LogP contribution in [0.5, 0.6) is 0 Å². The molecule has 0 radical (unpaired) electrons. The van der Waals surface area contributed by atoms with E-state index in [1.165, 1.54) is 25.9 Å². The first kappa shape index (κ1) is 20.5. The van der Waals surface area contributed by atoms with Gasteiger partial charge in [0, 0.05) is 6.54 Å². The van der Waals surface area contributed by atoms with Gasteiger partial charge >= 0.3 is 5.97 Å². The third-order valence-electron chi connectivity index (χ3n) is 6.03. The van der Waals surface area contributed by atoms with Gasteiger partial charge in [0.05, 0.1) is 5.41 Å². The van der Waals surface area contributed by atoms with E-state index in [-0.39, 0.29) is 36.9 Å². The summed E-state index contributed by atoms with van der Waals surface area (Å²) >= 11 is 0. The van der Waals surface area contributed by atoms with Crippen LogP contribution in [-0.4, -0.2) is 49.7 Å². The molecule has 0 aliphatic carbocycles. The summed E-state index contributed by atoms with van der Waals surface area (Å²) in [6.07, 6.45) is 4.12. The molecular formula is C19H28Cl2N2O2. The maximum Gasteiger partial charge on any atom is 0.316 e. The lowest BCUT2D eigenvalue weighted by Gasteiger charge is -2.45. The monoisotopic (exact) mass is 386 g/mol. The van der Waals surface area contributed by atoms with Crippen molar-refractivity contribution in [2.24, 2.45) is 5.92 Å². The topological polar surface area (TPSA) is 41.6 Å². The Labute approximate surface area is 162 Å². The third kappa shape index (κ3) is 3.97. The van der Waals surface area contributed by atoms with Gasteiger partial charge in [-0.1, -0.05) is 30.3 Å². The van der Waals surface area contributed by atoms with Gasteiger partial charge < -0.3 is 10.1 Å². The summed E-state index contributed by atoms with van der Waals surface area (Å²) in [5.41, 5.74) is 0.659. The Morgan fingerprint density at radius 1 is 1.08 bits per heavy atom. The van der Waals surface area contributed by atoms with Crippen LogP contribution in [0.4, 0.5) is 0 Å². The van der Waals surface area contributed by atoms with E-state index >= 15 is 0 Å². The van der Waals surface area contributed by atoms with E-state index in [2.05, 4.69) is 22.3 Å². The van der Waals surface area contributed by atoms with Gasteiger partial charge in [0.1, 0.15) is 6.10 Å².